The Labute approximate surface area is 119 Å². The van der Waals surface area contributed by atoms with Gasteiger partial charge in [0, 0.05) is 13.1 Å². The average Bonchev–Trinajstić information content (AvgIpc) is 2.43. The zero-order chi connectivity index (χ0) is 16.2. The molecule has 0 aromatic heterocycles. The minimum absolute atomic E-state index is 0.0128. The molecule has 1 N–H and O–H groups in total. The molecule has 21 heavy (non-hydrogen) atoms. The summed E-state index contributed by atoms with van der Waals surface area (Å²) in [6, 6.07) is 2.27. The molecule has 1 aromatic rings. The highest BCUT2D eigenvalue weighted by Crippen LogP contribution is 2.38. The van der Waals surface area contributed by atoms with E-state index in [1.54, 1.807) is 0 Å². The number of amides is 1. The van der Waals surface area contributed by atoms with E-state index < -0.39 is 29.0 Å². The summed E-state index contributed by atoms with van der Waals surface area (Å²) in [6.07, 6.45) is 0. The lowest BCUT2D eigenvalue weighted by molar-refractivity contribution is -0.385. The largest absolute Gasteiger partial charge is 0.493 e. The van der Waals surface area contributed by atoms with E-state index in [-0.39, 0.29) is 17.1 Å². The molecule has 9 nitrogen and oxygen atoms in total. The van der Waals surface area contributed by atoms with E-state index in [1.807, 2.05) is 0 Å². The molecule has 0 atom stereocenters. The van der Waals surface area contributed by atoms with Gasteiger partial charge >= 0.3 is 11.7 Å². The fourth-order valence-corrected chi connectivity index (χ4v) is 1.70. The summed E-state index contributed by atoms with van der Waals surface area (Å²) < 4.78 is 9.86. The number of nitrogens with zero attached hydrogens (tertiary/aromatic N) is 2. The van der Waals surface area contributed by atoms with Gasteiger partial charge < -0.3 is 19.5 Å². The lowest BCUT2D eigenvalue weighted by Crippen LogP contribution is -2.32. The molecule has 9 heteroatoms. The molecule has 0 fully saturated rings. The Hall–Kier alpha value is -2.84. The molecule has 0 spiro atoms. The van der Waals surface area contributed by atoms with E-state index in [0.717, 1.165) is 11.0 Å². The molecule has 114 valence electrons. The van der Waals surface area contributed by atoms with E-state index in [9.17, 15) is 19.7 Å². The Bertz CT molecular complexity index is 585. The number of carbonyl (C=O) groups is 2. The van der Waals surface area contributed by atoms with Crippen LogP contribution in [0.2, 0.25) is 0 Å². The van der Waals surface area contributed by atoms with Crippen LogP contribution >= 0.6 is 0 Å². The van der Waals surface area contributed by atoms with E-state index in [1.165, 1.54) is 27.3 Å². The zero-order valence-corrected chi connectivity index (χ0v) is 11.7. The van der Waals surface area contributed by atoms with Crippen molar-refractivity contribution in [1.29, 1.82) is 0 Å². The van der Waals surface area contributed by atoms with Crippen molar-refractivity contribution in [2.75, 3.05) is 27.8 Å². The number of aliphatic carboxylic acids is 1. The molecule has 1 rings (SSSR count). The molecular weight excluding hydrogens is 284 g/mol. The van der Waals surface area contributed by atoms with Crippen LogP contribution in [-0.4, -0.2) is 54.6 Å². The number of hydrogen-bond acceptors (Lipinski definition) is 6. The predicted molar refractivity (Wildman–Crippen MR) is 70.8 cm³/mol. The van der Waals surface area contributed by atoms with Gasteiger partial charge in [0.2, 0.25) is 5.75 Å². The second-order valence-electron chi connectivity index (χ2n) is 4.04. The van der Waals surface area contributed by atoms with Crippen LogP contribution in [0.15, 0.2) is 12.1 Å². The average molecular weight is 298 g/mol. The van der Waals surface area contributed by atoms with Crippen molar-refractivity contribution >= 4 is 17.6 Å². The number of carbonyl (C=O) groups excluding carboxylic acids is 1. The maximum Gasteiger partial charge on any atom is 0.323 e. The van der Waals surface area contributed by atoms with Gasteiger partial charge in [-0.2, -0.15) is 0 Å². The first-order valence-corrected chi connectivity index (χ1v) is 5.69. The first-order valence-electron chi connectivity index (χ1n) is 5.69. The second kappa shape index (κ2) is 6.55. The number of nitro benzene ring substituents is 1. The van der Waals surface area contributed by atoms with Crippen molar-refractivity contribution in [3.63, 3.8) is 0 Å². The second-order valence-corrected chi connectivity index (χ2v) is 4.04. The molecule has 0 radical (unpaired) electrons. The number of methoxy groups -OCH3 is 2. The van der Waals surface area contributed by atoms with Crippen LogP contribution in [-0.2, 0) is 4.79 Å². The Morgan fingerprint density at radius 3 is 2.38 bits per heavy atom. The smallest absolute Gasteiger partial charge is 0.323 e. The SMILES string of the molecule is COc1cc(C(=O)N(C)CC(=O)O)cc([N+](=O)[O-])c1OC. The third-order valence-electron chi connectivity index (χ3n) is 2.62. The zero-order valence-electron chi connectivity index (χ0n) is 11.7. The summed E-state index contributed by atoms with van der Waals surface area (Å²) in [6.45, 7) is -0.527. The topological polar surface area (TPSA) is 119 Å². The summed E-state index contributed by atoms with van der Waals surface area (Å²) in [5.41, 5.74) is -0.507. The monoisotopic (exact) mass is 298 g/mol. The van der Waals surface area contributed by atoms with Crippen LogP contribution in [0.25, 0.3) is 0 Å². The number of ether oxygens (including phenoxy) is 2. The maximum atomic E-state index is 12.1. The van der Waals surface area contributed by atoms with Gasteiger partial charge in [0.25, 0.3) is 5.91 Å². The van der Waals surface area contributed by atoms with Gasteiger partial charge in [-0.05, 0) is 6.07 Å². The Balaban J connectivity index is 3.31. The van der Waals surface area contributed by atoms with Gasteiger partial charge in [-0.25, -0.2) is 0 Å². The van der Waals surface area contributed by atoms with E-state index in [2.05, 4.69) is 0 Å². The van der Waals surface area contributed by atoms with Crippen LogP contribution in [0.4, 0.5) is 5.69 Å². The molecule has 0 saturated carbocycles. The highest BCUT2D eigenvalue weighted by atomic mass is 16.6. The van der Waals surface area contributed by atoms with Gasteiger partial charge in [-0.15, -0.1) is 0 Å². The standard InChI is InChI=1S/C12H14N2O7/c1-13(6-10(15)16)12(17)7-4-8(14(18)19)11(21-3)9(5-7)20-2/h4-5H,6H2,1-3H3,(H,15,16). The van der Waals surface area contributed by atoms with Crippen molar-refractivity contribution in [3.05, 3.63) is 27.8 Å². The number of rotatable bonds is 6. The molecule has 0 bridgehead atoms. The van der Waals surface area contributed by atoms with E-state index in [4.69, 9.17) is 14.6 Å². The number of likely N-dealkylation sites (N-methyl/N-ethyl adjacent to an activating group) is 1. The van der Waals surface area contributed by atoms with Crippen molar-refractivity contribution < 1.29 is 29.1 Å². The van der Waals surface area contributed by atoms with Crippen molar-refractivity contribution in [1.82, 2.24) is 4.90 Å². The Kier molecular flexibility index (Phi) is 5.06. The van der Waals surface area contributed by atoms with Crippen LogP contribution in [0.5, 0.6) is 11.5 Å². The molecule has 1 amide bonds. The van der Waals surface area contributed by atoms with Gasteiger partial charge in [-0.3, -0.25) is 19.7 Å². The Morgan fingerprint density at radius 1 is 1.33 bits per heavy atom. The van der Waals surface area contributed by atoms with Gasteiger partial charge in [0.05, 0.1) is 24.7 Å². The van der Waals surface area contributed by atoms with Gasteiger partial charge in [-0.1, -0.05) is 0 Å². The quantitative estimate of drug-likeness (QED) is 0.608. The van der Waals surface area contributed by atoms with Crippen molar-refractivity contribution in [2.45, 2.75) is 0 Å². The van der Waals surface area contributed by atoms with Gasteiger partial charge in [0.1, 0.15) is 6.54 Å². The lowest BCUT2D eigenvalue weighted by Gasteiger charge is -2.16. The van der Waals surface area contributed by atoms with E-state index >= 15 is 0 Å². The normalized spacial score (nSPS) is 9.86. The molecule has 0 aliphatic rings. The highest BCUT2D eigenvalue weighted by Gasteiger charge is 2.25. The lowest BCUT2D eigenvalue weighted by atomic mass is 10.1. The minimum atomic E-state index is -1.19. The molecule has 1 aromatic carbocycles. The first kappa shape index (κ1) is 16.2. The molecule has 0 heterocycles. The third kappa shape index (κ3) is 3.59. The molecule has 0 saturated heterocycles. The Morgan fingerprint density at radius 2 is 1.95 bits per heavy atom. The molecule has 0 aliphatic carbocycles. The van der Waals surface area contributed by atoms with Crippen molar-refractivity contribution in [3.8, 4) is 11.5 Å². The fraction of sp³-hybridized carbons (Fsp3) is 0.333. The summed E-state index contributed by atoms with van der Waals surface area (Å²) in [5.74, 6) is -1.97. The number of carboxylic acids is 1. The van der Waals surface area contributed by atoms with Crippen molar-refractivity contribution in [2.24, 2.45) is 0 Å². The van der Waals surface area contributed by atoms with Crippen LogP contribution in [0.3, 0.4) is 0 Å². The maximum absolute atomic E-state index is 12.1. The minimum Gasteiger partial charge on any atom is -0.493 e. The number of hydrogen-bond donors (Lipinski definition) is 1. The summed E-state index contributed by atoms with van der Waals surface area (Å²) in [5, 5.41) is 19.7. The highest BCUT2D eigenvalue weighted by molar-refractivity contribution is 5.97. The summed E-state index contributed by atoms with van der Waals surface area (Å²) in [7, 11) is 3.79. The third-order valence-corrected chi connectivity index (χ3v) is 2.62. The van der Waals surface area contributed by atoms with Crippen LogP contribution in [0.1, 0.15) is 10.4 Å². The summed E-state index contributed by atoms with van der Waals surface area (Å²) in [4.78, 5) is 33.9. The number of benzene rings is 1. The van der Waals surface area contributed by atoms with Gasteiger partial charge in [0.15, 0.2) is 5.75 Å². The van der Waals surface area contributed by atoms with Crippen LogP contribution < -0.4 is 9.47 Å². The molecule has 0 unspecified atom stereocenters. The number of nitro groups is 1. The van der Waals surface area contributed by atoms with Crippen LogP contribution in [0, 0.1) is 10.1 Å². The fourth-order valence-electron chi connectivity index (χ4n) is 1.70. The first-order chi connectivity index (χ1) is 9.81. The molecule has 0 aliphatic heterocycles. The molecular formula is C12H14N2O7. The van der Waals surface area contributed by atoms with E-state index in [0.29, 0.717) is 0 Å². The predicted octanol–water partition coefficient (Wildman–Crippen LogP) is 0.769. The number of carboxylic acid groups (broad SMARTS) is 1. The summed E-state index contributed by atoms with van der Waals surface area (Å²) >= 11 is 0.